The highest BCUT2D eigenvalue weighted by Crippen LogP contribution is 2.38. The highest BCUT2D eigenvalue weighted by Gasteiger charge is 2.43. The molecule has 17 heavy (non-hydrogen) atoms. The van der Waals surface area contributed by atoms with Gasteiger partial charge in [-0.3, -0.25) is 0 Å². The van der Waals surface area contributed by atoms with Gasteiger partial charge in [0.25, 0.3) is 0 Å². The molecule has 0 saturated heterocycles. The Hall–Kier alpha value is -1.69. The van der Waals surface area contributed by atoms with E-state index in [0.29, 0.717) is 11.3 Å². The molecular formula is C11H15N3O3. The molecule has 0 unspecified atom stereocenters. The lowest BCUT2D eigenvalue weighted by Gasteiger charge is -2.17. The highest BCUT2D eigenvalue weighted by molar-refractivity contribution is 5.95. The summed E-state index contributed by atoms with van der Waals surface area (Å²) < 4.78 is 0. The lowest BCUT2D eigenvalue weighted by molar-refractivity contribution is 0.0696. The predicted octanol–water partition coefficient (Wildman–Crippen LogP) is 0.728. The van der Waals surface area contributed by atoms with Crippen molar-refractivity contribution in [3.05, 3.63) is 16.8 Å². The first-order valence-corrected chi connectivity index (χ1v) is 5.45. The lowest BCUT2D eigenvalue weighted by atomic mass is 10.1. The molecule has 6 heteroatoms. The summed E-state index contributed by atoms with van der Waals surface area (Å²) in [5, 5.41) is 29.2. The van der Waals surface area contributed by atoms with Crippen molar-refractivity contribution < 1.29 is 15.0 Å². The Morgan fingerprint density at radius 2 is 2.06 bits per heavy atom. The number of nitrogens with zero attached hydrogens (tertiary/aromatic N) is 2. The van der Waals surface area contributed by atoms with Crippen molar-refractivity contribution >= 4 is 11.8 Å². The molecule has 92 valence electrons. The second-order valence-electron chi connectivity index (χ2n) is 4.50. The quantitative estimate of drug-likeness (QED) is 0.714. The number of aliphatic hydroxyl groups excluding tert-OH is 1. The SMILES string of the molecule is Cc1nnc(NC2(CO)CC2)c(C(=O)O)c1C. The van der Waals surface area contributed by atoms with Gasteiger partial charge in [-0.25, -0.2) is 4.79 Å². The smallest absolute Gasteiger partial charge is 0.339 e. The summed E-state index contributed by atoms with van der Waals surface area (Å²) in [5.74, 6) is -0.788. The molecular weight excluding hydrogens is 222 g/mol. The minimum Gasteiger partial charge on any atom is -0.478 e. The Morgan fingerprint density at radius 3 is 2.53 bits per heavy atom. The summed E-state index contributed by atoms with van der Waals surface area (Å²) in [6.07, 6.45) is 1.63. The summed E-state index contributed by atoms with van der Waals surface area (Å²) >= 11 is 0. The Labute approximate surface area is 98.7 Å². The molecule has 1 aliphatic rings. The first-order valence-electron chi connectivity index (χ1n) is 5.45. The van der Waals surface area contributed by atoms with Gasteiger partial charge in [0.05, 0.1) is 17.8 Å². The number of aromatic nitrogens is 2. The normalized spacial score (nSPS) is 16.6. The van der Waals surface area contributed by atoms with Gasteiger partial charge in [-0.05, 0) is 32.3 Å². The summed E-state index contributed by atoms with van der Waals surface area (Å²) in [7, 11) is 0. The van der Waals surface area contributed by atoms with Gasteiger partial charge in [0, 0.05) is 0 Å². The van der Waals surface area contributed by atoms with E-state index in [2.05, 4.69) is 15.5 Å². The van der Waals surface area contributed by atoms with Crippen LogP contribution in [0.1, 0.15) is 34.5 Å². The molecule has 0 amide bonds. The fourth-order valence-corrected chi connectivity index (χ4v) is 1.68. The van der Waals surface area contributed by atoms with E-state index < -0.39 is 11.5 Å². The number of rotatable bonds is 4. The van der Waals surface area contributed by atoms with Crippen molar-refractivity contribution in [2.24, 2.45) is 0 Å². The summed E-state index contributed by atoms with van der Waals surface area (Å²) in [6.45, 7) is 3.40. The van der Waals surface area contributed by atoms with Crippen LogP contribution in [0.15, 0.2) is 0 Å². The molecule has 1 fully saturated rings. The largest absolute Gasteiger partial charge is 0.478 e. The third kappa shape index (κ3) is 2.08. The number of carboxylic acids is 1. The second-order valence-corrected chi connectivity index (χ2v) is 4.50. The highest BCUT2D eigenvalue weighted by atomic mass is 16.4. The first-order chi connectivity index (χ1) is 7.99. The molecule has 1 aromatic rings. The van der Waals surface area contributed by atoms with Crippen molar-refractivity contribution in [1.29, 1.82) is 0 Å². The topological polar surface area (TPSA) is 95.3 Å². The second kappa shape index (κ2) is 3.96. The Kier molecular flexibility index (Phi) is 2.74. The summed E-state index contributed by atoms with van der Waals surface area (Å²) in [4.78, 5) is 11.2. The van der Waals surface area contributed by atoms with Gasteiger partial charge in [-0.15, -0.1) is 5.10 Å². The molecule has 0 bridgehead atoms. The molecule has 0 aromatic carbocycles. The maximum atomic E-state index is 11.2. The van der Waals surface area contributed by atoms with Crippen LogP contribution >= 0.6 is 0 Å². The molecule has 2 rings (SSSR count). The van der Waals surface area contributed by atoms with Crippen LogP contribution in [0.25, 0.3) is 0 Å². The number of aliphatic hydroxyl groups is 1. The number of aromatic carboxylic acids is 1. The molecule has 0 radical (unpaired) electrons. The van der Waals surface area contributed by atoms with Gasteiger partial charge in [0.2, 0.25) is 0 Å². The molecule has 1 saturated carbocycles. The van der Waals surface area contributed by atoms with Gasteiger partial charge >= 0.3 is 5.97 Å². The number of aryl methyl sites for hydroxylation is 1. The maximum Gasteiger partial charge on any atom is 0.339 e. The Morgan fingerprint density at radius 1 is 1.41 bits per heavy atom. The number of hydrogen-bond donors (Lipinski definition) is 3. The van der Waals surface area contributed by atoms with Crippen molar-refractivity contribution in [2.75, 3.05) is 11.9 Å². The molecule has 0 spiro atoms. The third-order valence-corrected chi connectivity index (χ3v) is 3.21. The molecule has 0 atom stereocenters. The van der Waals surface area contributed by atoms with Crippen LogP contribution in [0.5, 0.6) is 0 Å². The zero-order valence-corrected chi connectivity index (χ0v) is 9.82. The molecule has 1 aromatic heterocycles. The van der Waals surface area contributed by atoms with Gasteiger partial charge in [-0.1, -0.05) is 0 Å². The molecule has 1 aliphatic carbocycles. The maximum absolute atomic E-state index is 11.2. The Bertz CT molecular complexity index is 469. The van der Waals surface area contributed by atoms with E-state index in [9.17, 15) is 15.0 Å². The van der Waals surface area contributed by atoms with Crippen molar-refractivity contribution in [1.82, 2.24) is 10.2 Å². The van der Waals surface area contributed by atoms with Crippen LogP contribution in [0.2, 0.25) is 0 Å². The Balaban J connectivity index is 2.40. The van der Waals surface area contributed by atoms with Crippen LogP contribution in [-0.2, 0) is 0 Å². The number of hydrogen-bond acceptors (Lipinski definition) is 5. The van der Waals surface area contributed by atoms with Gasteiger partial charge in [-0.2, -0.15) is 5.10 Å². The van der Waals surface area contributed by atoms with E-state index in [1.807, 2.05) is 0 Å². The van der Waals surface area contributed by atoms with Crippen LogP contribution in [-0.4, -0.2) is 38.5 Å². The zero-order chi connectivity index (χ0) is 12.6. The minimum atomic E-state index is -1.03. The monoisotopic (exact) mass is 237 g/mol. The third-order valence-electron chi connectivity index (χ3n) is 3.21. The van der Waals surface area contributed by atoms with E-state index in [1.165, 1.54) is 0 Å². The van der Waals surface area contributed by atoms with Crippen LogP contribution in [0, 0.1) is 13.8 Å². The van der Waals surface area contributed by atoms with E-state index in [0.717, 1.165) is 12.8 Å². The van der Waals surface area contributed by atoms with Gasteiger partial charge in [0.1, 0.15) is 5.56 Å². The summed E-state index contributed by atoms with van der Waals surface area (Å²) in [6, 6.07) is 0. The number of nitrogens with one attached hydrogen (secondary N) is 1. The van der Waals surface area contributed by atoms with E-state index in [1.54, 1.807) is 13.8 Å². The standard InChI is InChI=1S/C11H15N3O3/c1-6-7(2)13-14-9(8(6)10(16)17)12-11(5-15)3-4-11/h15H,3-5H2,1-2H3,(H,12,14)(H,16,17). The van der Waals surface area contributed by atoms with Crippen LogP contribution in [0.4, 0.5) is 5.82 Å². The lowest BCUT2D eigenvalue weighted by Crippen LogP contribution is -2.28. The minimum absolute atomic E-state index is 0.0271. The molecule has 1 heterocycles. The van der Waals surface area contributed by atoms with Crippen molar-refractivity contribution in [2.45, 2.75) is 32.2 Å². The fourth-order valence-electron chi connectivity index (χ4n) is 1.68. The van der Waals surface area contributed by atoms with E-state index in [4.69, 9.17) is 0 Å². The van der Waals surface area contributed by atoms with Gasteiger partial charge in [0.15, 0.2) is 5.82 Å². The first kappa shape index (κ1) is 11.8. The molecule has 0 aliphatic heterocycles. The summed E-state index contributed by atoms with van der Waals surface area (Å²) in [5.41, 5.74) is 0.934. The van der Waals surface area contributed by atoms with Crippen LogP contribution in [0.3, 0.4) is 0 Å². The molecule has 6 nitrogen and oxygen atoms in total. The number of carboxylic acid groups (broad SMARTS) is 1. The predicted molar refractivity (Wildman–Crippen MR) is 61.1 cm³/mol. The fraction of sp³-hybridized carbons (Fsp3) is 0.545. The number of carbonyl (C=O) groups is 1. The van der Waals surface area contributed by atoms with Crippen molar-refractivity contribution in [3.8, 4) is 0 Å². The van der Waals surface area contributed by atoms with Crippen LogP contribution < -0.4 is 5.32 Å². The average molecular weight is 237 g/mol. The van der Waals surface area contributed by atoms with Crippen molar-refractivity contribution in [3.63, 3.8) is 0 Å². The molecule has 3 N–H and O–H groups in total. The van der Waals surface area contributed by atoms with E-state index >= 15 is 0 Å². The average Bonchev–Trinajstić information content (AvgIpc) is 3.04. The number of anilines is 1. The zero-order valence-electron chi connectivity index (χ0n) is 9.82. The van der Waals surface area contributed by atoms with Gasteiger partial charge < -0.3 is 15.5 Å². The van der Waals surface area contributed by atoms with E-state index in [-0.39, 0.29) is 18.0 Å².